The number of para-hydroxylation sites is 1. The molecule has 3 heteroatoms. The van der Waals surface area contributed by atoms with Crippen LogP contribution in [0.5, 0.6) is 0 Å². The molecule has 0 bridgehead atoms. The van der Waals surface area contributed by atoms with Gasteiger partial charge in [0.25, 0.3) is 0 Å². The van der Waals surface area contributed by atoms with E-state index in [9.17, 15) is 0 Å². The predicted octanol–water partition coefficient (Wildman–Crippen LogP) is 5.06. The first-order valence-corrected chi connectivity index (χ1v) is 7.00. The number of hydrogen-bond acceptors (Lipinski definition) is 1. The van der Waals surface area contributed by atoms with Crippen LogP contribution in [0.1, 0.15) is 6.92 Å². The zero-order valence-electron chi connectivity index (χ0n) is 10.6. The number of rotatable bonds is 3. The second-order valence-corrected chi connectivity index (χ2v) is 5.29. The van der Waals surface area contributed by atoms with Crippen molar-refractivity contribution >= 4 is 37.7 Å². The van der Waals surface area contributed by atoms with Crippen molar-refractivity contribution in [2.45, 2.75) is 13.7 Å². The van der Waals surface area contributed by atoms with E-state index in [2.05, 4.69) is 63.0 Å². The molecule has 19 heavy (non-hydrogen) atoms. The van der Waals surface area contributed by atoms with Gasteiger partial charge in [0.2, 0.25) is 0 Å². The van der Waals surface area contributed by atoms with Crippen LogP contribution >= 0.6 is 15.9 Å². The van der Waals surface area contributed by atoms with E-state index in [0.29, 0.717) is 6.73 Å². The Balaban J connectivity index is 2.26. The molecule has 0 amide bonds. The molecule has 1 aromatic heterocycles. The molecule has 0 atom stereocenters. The summed E-state index contributed by atoms with van der Waals surface area (Å²) in [5, 5.41) is 2.50. The van der Waals surface area contributed by atoms with E-state index in [1.807, 2.05) is 13.0 Å². The van der Waals surface area contributed by atoms with Gasteiger partial charge >= 0.3 is 0 Å². The maximum Gasteiger partial charge on any atom is 0.164 e. The average molecular weight is 316 g/mol. The quantitative estimate of drug-likeness (QED) is 0.616. The van der Waals surface area contributed by atoms with E-state index < -0.39 is 0 Å². The van der Waals surface area contributed by atoms with Crippen LogP contribution in [-0.2, 0) is 11.5 Å². The van der Waals surface area contributed by atoms with Crippen molar-refractivity contribution in [3.8, 4) is 0 Å². The molecule has 0 fully saturated rings. The van der Waals surface area contributed by atoms with E-state index in [4.69, 9.17) is 4.74 Å². The zero-order valence-corrected chi connectivity index (χ0v) is 12.2. The molecule has 2 nitrogen and oxygen atoms in total. The van der Waals surface area contributed by atoms with Crippen LogP contribution < -0.4 is 0 Å². The highest BCUT2D eigenvalue weighted by molar-refractivity contribution is 9.10. The molecule has 3 rings (SSSR count). The first-order valence-electron chi connectivity index (χ1n) is 6.20. The van der Waals surface area contributed by atoms with Crippen molar-refractivity contribution in [3.05, 3.63) is 59.3 Å². The minimum absolute atomic E-state index is 0.524. The number of aromatic nitrogens is 1. The lowest BCUT2D eigenvalue weighted by Gasteiger charge is -2.06. The van der Waals surface area contributed by atoms with Crippen LogP contribution in [0.3, 0.4) is 0 Å². The second kappa shape index (κ2) is 5.10. The van der Waals surface area contributed by atoms with Crippen LogP contribution in [0.4, 0.5) is 0 Å². The molecule has 0 spiro atoms. The third kappa shape index (κ3) is 2.15. The SMILES string of the molecule is CC=COCn1c2ccccc2c2cc(Br)ccc21. The molecular weight excluding hydrogens is 302 g/mol. The average Bonchev–Trinajstić information content (AvgIpc) is 2.73. The van der Waals surface area contributed by atoms with Gasteiger partial charge in [-0.3, -0.25) is 0 Å². The minimum Gasteiger partial charge on any atom is -0.481 e. The van der Waals surface area contributed by atoms with Gasteiger partial charge in [0, 0.05) is 15.2 Å². The van der Waals surface area contributed by atoms with Crippen molar-refractivity contribution in [1.82, 2.24) is 4.57 Å². The molecule has 0 N–H and O–H groups in total. The Hall–Kier alpha value is -1.74. The number of allylic oxidation sites excluding steroid dienone is 1. The highest BCUT2D eigenvalue weighted by atomic mass is 79.9. The summed E-state index contributed by atoms with van der Waals surface area (Å²) >= 11 is 3.54. The fourth-order valence-electron chi connectivity index (χ4n) is 2.38. The predicted molar refractivity (Wildman–Crippen MR) is 83.0 cm³/mol. The molecule has 2 aromatic carbocycles. The summed E-state index contributed by atoms with van der Waals surface area (Å²) in [4.78, 5) is 0. The monoisotopic (exact) mass is 315 g/mol. The summed E-state index contributed by atoms with van der Waals surface area (Å²) in [6.45, 7) is 2.47. The Bertz CT molecular complexity index is 758. The fraction of sp³-hybridized carbons (Fsp3) is 0.125. The van der Waals surface area contributed by atoms with E-state index in [1.54, 1.807) is 6.26 Å². The van der Waals surface area contributed by atoms with Crippen molar-refractivity contribution in [2.75, 3.05) is 0 Å². The van der Waals surface area contributed by atoms with Crippen LogP contribution in [0, 0.1) is 0 Å². The normalized spacial score (nSPS) is 11.7. The summed E-state index contributed by atoms with van der Waals surface area (Å²) in [7, 11) is 0. The number of fused-ring (bicyclic) bond motifs is 3. The van der Waals surface area contributed by atoms with Crippen LogP contribution in [0.2, 0.25) is 0 Å². The molecule has 0 aliphatic carbocycles. The van der Waals surface area contributed by atoms with Gasteiger partial charge in [-0.25, -0.2) is 0 Å². The van der Waals surface area contributed by atoms with E-state index >= 15 is 0 Å². The molecule has 0 saturated carbocycles. The van der Waals surface area contributed by atoms with Gasteiger partial charge in [0.05, 0.1) is 17.3 Å². The molecular formula is C16H14BrNO. The number of ether oxygens (including phenoxy) is 1. The van der Waals surface area contributed by atoms with Gasteiger partial charge in [0.1, 0.15) is 0 Å². The fourth-order valence-corrected chi connectivity index (χ4v) is 2.74. The number of halogens is 1. The van der Waals surface area contributed by atoms with Crippen LogP contribution in [0.25, 0.3) is 21.8 Å². The number of hydrogen-bond donors (Lipinski definition) is 0. The third-order valence-electron chi connectivity index (χ3n) is 3.17. The highest BCUT2D eigenvalue weighted by Gasteiger charge is 2.09. The minimum atomic E-state index is 0.524. The van der Waals surface area contributed by atoms with Crippen molar-refractivity contribution in [1.29, 1.82) is 0 Å². The smallest absolute Gasteiger partial charge is 0.164 e. The largest absolute Gasteiger partial charge is 0.481 e. The Morgan fingerprint density at radius 1 is 1.11 bits per heavy atom. The molecule has 0 saturated heterocycles. The number of benzene rings is 2. The summed E-state index contributed by atoms with van der Waals surface area (Å²) in [5.41, 5.74) is 2.38. The van der Waals surface area contributed by atoms with Gasteiger partial charge in [-0.2, -0.15) is 0 Å². The maximum atomic E-state index is 5.54. The second-order valence-electron chi connectivity index (χ2n) is 4.37. The number of nitrogens with zero attached hydrogens (tertiary/aromatic N) is 1. The lowest BCUT2D eigenvalue weighted by atomic mass is 10.2. The van der Waals surface area contributed by atoms with Gasteiger partial charge in [-0.1, -0.05) is 40.2 Å². The van der Waals surface area contributed by atoms with Crippen LogP contribution in [0.15, 0.2) is 59.3 Å². The molecule has 0 aliphatic rings. The molecule has 0 unspecified atom stereocenters. The van der Waals surface area contributed by atoms with E-state index in [1.165, 1.54) is 21.8 Å². The Labute approximate surface area is 120 Å². The summed E-state index contributed by atoms with van der Waals surface area (Å²) in [6, 6.07) is 14.7. The van der Waals surface area contributed by atoms with Crippen molar-refractivity contribution < 1.29 is 4.74 Å². The zero-order chi connectivity index (χ0) is 13.2. The highest BCUT2D eigenvalue weighted by Crippen LogP contribution is 2.30. The van der Waals surface area contributed by atoms with E-state index in [0.717, 1.165) is 4.47 Å². The molecule has 0 aliphatic heterocycles. The lowest BCUT2D eigenvalue weighted by Crippen LogP contribution is -1.98. The first kappa shape index (κ1) is 12.3. The molecule has 96 valence electrons. The van der Waals surface area contributed by atoms with Gasteiger partial charge in [-0.05, 0) is 31.2 Å². The van der Waals surface area contributed by atoms with Gasteiger partial charge in [-0.15, -0.1) is 0 Å². The van der Waals surface area contributed by atoms with Crippen molar-refractivity contribution in [2.24, 2.45) is 0 Å². The molecule has 0 radical (unpaired) electrons. The van der Waals surface area contributed by atoms with Gasteiger partial charge in [0.15, 0.2) is 6.73 Å². The summed E-state index contributed by atoms with van der Waals surface area (Å²) in [6.07, 6.45) is 3.62. The molecule has 1 heterocycles. The van der Waals surface area contributed by atoms with Crippen molar-refractivity contribution in [3.63, 3.8) is 0 Å². The standard InChI is InChI=1S/C16H14BrNO/c1-2-9-19-11-18-15-6-4-3-5-13(15)14-10-12(17)7-8-16(14)18/h2-10H,11H2,1H3. The Kier molecular flexibility index (Phi) is 3.30. The van der Waals surface area contributed by atoms with E-state index in [-0.39, 0.29) is 0 Å². The maximum absolute atomic E-state index is 5.54. The van der Waals surface area contributed by atoms with Gasteiger partial charge < -0.3 is 9.30 Å². The summed E-state index contributed by atoms with van der Waals surface area (Å²) in [5.74, 6) is 0. The molecule has 3 aromatic rings. The first-order chi connectivity index (χ1) is 9.31. The Morgan fingerprint density at radius 2 is 1.89 bits per heavy atom. The topological polar surface area (TPSA) is 14.2 Å². The Morgan fingerprint density at radius 3 is 2.74 bits per heavy atom. The third-order valence-corrected chi connectivity index (χ3v) is 3.66. The lowest BCUT2D eigenvalue weighted by molar-refractivity contribution is 0.183. The summed E-state index contributed by atoms with van der Waals surface area (Å²) < 4.78 is 8.83. The van der Waals surface area contributed by atoms with Crippen LogP contribution in [-0.4, -0.2) is 4.57 Å².